The molecule has 0 aliphatic carbocycles. The summed E-state index contributed by atoms with van der Waals surface area (Å²) in [6.45, 7) is 9.92. The number of ether oxygens (including phenoxy) is 1. The van der Waals surface area contributed by atoms with Crippen LogP contribution in [0.4, 0.5) is 9.80 Å². The Kier molecular flexibility index (Phi) is 5.88. The maximum absolute atomic E-state index is 13.0. The molecule has 2 unspecified atom stereocenters. The molecule has 2 atom stereocenters. The fourth-order valence-electron chi connectivity index (χ4n) is 4.76. The maximum atomic E-state index is 13.0. The Balaban J connectivity index is 1.55. The highest BCUT2D eigenvalue weighted by Crippen LogP contribution is 2.50. The lowest BCUT2D eigenvalue weighted by Gasteiger charge is -2.39. The lowest BCUT2D eigenvalue weighted by molar-refractivity contribution is 0.00638. The number of aromatic nitrogens is 3. The Morgan fingerprint density at radius 1 is 1.20 bits per heavy atom. The molecular formula is C26H31N5O2S2. The van der Waals surface area contributed by atoms with Crippen molar-refractivity contribution in [1.82, 2.24) is 19.7 Å². The minimum atomic E-state index is -0.525. The first-order valence-electron chi connectivity index (χ1n) is 11.8. The number of hydrogen-bond donors (Lipinski definition) is 1. The molecule has 7 nitrogen and oxygen atoms in total. The molecule has 0 spiro atoms. The molecule has 0 saturated heterocycles. The molecular weight excluding hydrogens is 478 g/mol. The number of carbonyl (C=O) groups is 1. The third kappa shape index (κ3) is 4.31. The number of nitrogens with one attached hydrogen (secondary N) is 1. The van der Waals surface area contributed by atoms with Crippen LogP contribution in [0.15, 0.2) is 30.6 Å². The van der Waals surface area contributed by atoms with Crippen LogP contribution >= 0.6 is 22.7 Å². The van der Waals surface area contributed by atoms with Crippen molar-refractivity contribution in [3.8, 4) is 21.7 Å². The molecule has 3 aromatic heterocycles. The summed E-state index contributed by atoms with van der Waals surface area (Å²) in [6.07, 6.45) is 4.40. The standard InChI is InChI=1S/C26H31N5O2S2/c1-14-10-18-21(23(27-6)35-22(18)15(2)31(14)25(32)33-26(3,4)5)24-29-19-11-16(8-9-20(19)34-24)17-12-28-30(7)13-17/h8-9,11-15,27H,10H2,1-7H3. The van der Waals surface area contributed by atoms with Crippen molar-refractivity contribution in [2.24, 2.45) is 7.05 Å². The molecule has 0 bridgehead atoms. The Bertz CT molecular complexity index is 1410. The number of fused-ring (bicyclic) bond motifs is 2. The van der Waals surface area contributed by atoms with E-state index in [4.69, 9.17) is 9.72 Å². The molecule has 4 heterocycles. The Morgan fingerprint density at radius 2 is 1.97 bits per heavy atom. The highest BCUT2D eigenvalue weighted by atomic mass is 32.1. The molecule has 0 fully saturated rings. The first-order valence-corrected chi connectivity index (χ1v) is 13.4. The van der Waals surface area contributed by atoms with Crippen LogP contribution in [-0.4, -0.2) is 44.4 Å². The average Bonchev–Trinajstić information content (AvgIpc) is 3.47. The van der Waals surface area contributed by atoms with Gasteiger partial charge in [0.1, 0.15) is 10.6 Å². The van der Waals surface area contributed by atoms with E-state index in [1.54, 1.807) is 22.7 Å². The van der Waals surface area contributed by atoms with Crippen LogP contribution in [0.25, 0.3) is 31.9 Å². The molecule has 1 amide bonds. The van der Waals surface area contributed by atoms with Gasteiger partial charge in [-0.25, -0.2) is 9.78 Å². The van der Waals surface area contributed by atoms with E-state index in [-0.39, 0.29) is 18.2 Å². The van der Waals surface area contributed by atoms with E-state index in [0.717, 1.165) is 37.8 Å². The summed E-state index contributed by atoms with van der Waals surface area (Å²) in [7, 11) is 3.88. The summed E-state index contributed by atoms with van der Waals surface area (Å²) in [5.41, 5.74) is 5.10. The number of anilines is 1. The minimum absolute atomic E-state index is 0.0250. The third-order valence-corrected chi connectivity index (χ3v) is 8.75. The van der Waals surface area contributed by atoms with Gasteiger partial charge in [-0.3, -0.25) is 9.58 Å². The van der Waals surface area contributed by atoms with Crippen molar-refractivity contribution in [3.63, 3.8) is 0 Å². The smallest absolute Gasteiger partial charge is 0.411 e. The maximum Gasteiger partial charge on any atom is 0.411 e. The van der Waals surface area contributed by atoms with Gasteiger partial charge in [0, 0.05) is 42.3 Å². The zero-order chi connectivity index (χ0) is 25.1. The predicted molar refractivity (Wildman–Crippen MR) is 144 cm³/mol. The van der Waals surface area contributed by atoms with Gasteiger partial charge in [0.25, 0.3) is 0 Å². The molecule has 35 heavy (non-hydrogen) atoms. The van der Waals surface area contributed by atoms with E-state index >= 15 is 0 Å². The highest BCUT2D eigenvalue weighted by Gasteiger charge is 2.39. The molecule has 1 aromatic carbocycles. The molecule has 9 heteroatoms. The van der Waals surface area contributed by atoms with Crippen LogP contribution in [0.2, 0.25) is 0 Å². The SMILES string of the molecule is CNc1sc2c(c1-c1nc3cc(-c4cnn(C)c4)ccc3s1)CC(C)N(C(=O)OC(C)(C)C)C2C. The number of rotatable bonds is 3. The van der Waals surface area contributed by atoms with E-state index in [0.29, 0.717) is 0 Å². The van der Waals surface area contributed by atoms with Crippen molar-refractivity contribution in [2.75, 3.05) is 12.4 Å². The van der Waals surface area contributed by atoms with Gasteiger partial charge in [0.15, 0.2) is 0 Å². The number of amides is 1. The van der Waals surface area contributed by atoms with Crippen molar-refractivity contribution < 1.29 is 9.53 Å². The van der Waals surface area contributed by atoms with Gasteiger partial charge in [0.2, 0.25) is 0 Å². The van der Waals surface area contributed by atoms with E-state index in [9.17, 15) is 4.79 Å². The topological polar surface area (TPSA) is 72.3 Å². The van der Waals surface area contributed by atoms with E-state index in [1.165, 1.54) is 16.0 Å². The summed E-state index contributed by atoms with van der Waals surface area (Å²) in [6, 6.07) is 6.37. The van der Waals surface area contributed by atoms with Crippen molar-refractivity contribution in [3.05, 3.63) is 41.0 Å². The van der Waals surface area contributed by atoms with Gasteiger partial charge >= 0.3 is 6.09 Å². The second-order valence-electron chi connectivity index (χ2n) is 10.1. The van der Waals surface area contributed by atoms with Gasteiger partial charge < -0.3 is 10.1 Å². The predicted octanol–water partition coefficient (Wildman–Crippen LogP) is 6.71. The molecule has 0 radical (unpaired) electrons. The van der Waals surface area contributed by atoms with Gasteiger partial charge in [-0.05, 0) is 64.3 Å². The molecule has 1 aliphatic rings. The monoisotopic (exact) mass is 509 g/mol. The summed E-state index contributed by atoms with van der Waals surface area (Å²) in [5.74, 6) is 0. The summed E-state index contributed by atoms with van der Waals surface area (Å²) in [4.78, 5) is 21.2. The number of hydrogen-bond acceptors (Lipinski definition) is 7. The Morgan fingerprint density at radius 3 is 2.63 bits per heavy atom. The van der Waals surface area contributed by atoms with Gasteiger partial charge in [-0.15, -0.1) is 22.7 Å². The first kappa shape index (κ1) is 23.8. The van der Waals surface area contributed by atoms with Crippen LogP contribution in [0, 0.1) is 0 Å². The van der Waals surface area contributed by atoms with Gasteiger partial charge in [0.05, 0.1) is 27.5 Å². The minimum Gasteiger partial charge on any atom is -0.444 e. The van der Waals surface area contributed by atoms with Crippen molar-refractivity contribution in [1.29, 1.82) is 0 Å². The van der Waals surface area contributed by atoms with Crippen molar-refractivity contribution in [2.45, 2.75) is 58.7 Å². The molecule has 4 aromatic rings. The lowest BCUT2D eigenvalue weighted by Crippen LogP contribution is -2.46. The number of carbonyl (C=O) groups excluding carboxylic acids is 1. The van der Waals surface area contributed by atoms with Gasteiger partial charge in [-0.1, -0.05) is 6.07 Å². The molecule has 184 valence electrons. The Hall–Kier alpha value is -2.91. The number of aryl methyl sites for hydroxylation is 1. The van der Waals surface area contributed by atoms with E-state index < -0.39 is 5.60 Å². The van der Waals surface area contributed by atoms with Gasteiger partial charge in [-0.2, -0.15) is 5.10 Å². The molecule has 5 rings (SSSR count). The number of benzene rings is 1. The van der Waals surface area contributed by atoms with Crippen LogP contribution in [0.1, 0.15) is 51.1 Å². The van der Waals surface area contributed by atoms with E-state index in [2.05, 4.69) is 42.5 Å². The zero-order valence-electron chi connectivity index (χ0n) is 21.2. The number of nitrogens with zero attached hydrogens (tertiary/aromatic N) is 4. The Labute approximate surface area is 213 Å². The largest absolute Gasteiger partial charge is 0.444 e. The van der Waals surface area contributed by atoms with Crippen molar-refractivity contribution >= 4 is 44.0 Å². The van der Waals surface area contributed by atoms with Crippen LogP contribution < -0.4 is 5.32 Å². The quantitative estimate of drug-likeness (QED) is 0.332. The lowest BCUT2D eigenvalue weighted by atomic mass is 9.93. The van der Waals surface area contributed by atoms with Crippen LogP contribution in [-0.2, 0) is 18.2 Å². The average molecular weight is 510 g/mol. The summed E-state index contributed by atoms with van der Waals surface area (Å²) < 4.78 is 8.70. The zero-order valence-corrected chi connectivity index (χ0v) is 22.8. The molecule has 1 N–H and O–H groups in total. The second-order valence-corrected chi connectivity index (χ2v) is 12.2. The molecule has 0 saturated carbocycles. The molecule has 1 aliphatic heterocycles. The first-order chi connectivity index (χ1) is 16.6. The normalized spacial score (nSPS) is 18.1. The number of thiazole rings is 1. The van der Waals surface area contributed by atoms with Crippen LogP contribution in [0.5, 0.6) is 0 Å². The number of thiophene rings is 1. The summed E-state index contributed by atoms with van der Waals surface area (Å²) >= 11 is 3.43. The van der Waals surface area contributed by atoms with E-state index in [1.807, 2.05) is 56.8 Å². The summed E-state index contributed by atoms with van der Waals surface area (Å²) in [5, 5.41) is 9.79. The third-order valence-electron chi connectivity index (χ3n) is 6.28. The fourth-order valence-corrected chi connectivity index (χ4v) is 7.09. The van der Waals surface area contributed by atoms with Crippen LogP contribution in [0.3, 0.4) is 0 Å². The highest BCUT2D eigenvalue weighted by molar-refractivity contribution is 7.22. The second kappa shape index (κ2) is 8.64. The fraction of sp³-hybridized carbons (Fsp3) is 0.423.